The van der Waals surface area contributed by atoms with Crippen LogP contribution in [-0.2, 0) is 9.53 Å². The standard InChI is InChI=1S/C21H18F2N6O4/c1-12(30)24-8-16-10-29(21(31)33-16)15-4-17(22)20(18(23)5-15)13-2-3-19(25-6-13)28-9-14(7-27-32)26-11-28/h2-7,9,11,16,32H,8,10H2,1H3,(H,24,30)/b27-7+/t16-/m0/s1. The number of hydrogen-bond donors (Lipinski definition) is 2. The molecule has 2 amide bonds. The number of aromatic nitrogens is 3. The highest BCUT2D eigenvalue weighted by Gasteiger charge is 2.33. The first-order valence-electron chi connectivity index (χ1n) is 9.75. The minimum Gasteiger partial charge on any atom is -0.442 e. The van der Waals surface area contributed by atoms with E-state index in [1.165, 1.54) is 25.5 Å². The molecule has 1 atom stereocenters. The quantitative estimate of drug-likeness (QED) is 0.334. The Hall–Kier alpha value is -4.35. The van der Waals surface area contributed by atoms with Crippen molar-refractivity contribution >= 4 is 23.9 Å². The number of oxime groups is 1. The second-order valence-electron chi connectivity index (χ2n) is 7.19. The van der Waals surface area contributed by atoms with Gasteiger partial charge in [0, 0.05) is 24.9 Å². The molecule has 0 bridgehead atoms. The summed E-state index contributed by atoms with van der Waals surface area (Å²) in [6.45, 7) is 1.48. The first-order chi connectivity index (χ1) is 15.9. The fraction of sp³-hybridized carbons (Fsp3) is 0.190. The van der Waals surface area contributed by atoms with Crippen LogP contribution >= 0.6 is 0 Å². The molecule has 0 radical (unpaired) electrons. The van der Waals surface area contributed by atoms with Gasteiger partial charge in [-0.2, -0.15) is 0 Å². The molecule has 0 unspecified atom stereocenters. The second-order valence-corrected chi connectivity index (χ2v) is 7.19. The zero-order chi connectivity index (χ0) is 23.5. The summed E-state index contributed by atoms with van der Waals surface area (Å²) in [7, 11) is 0. The summed E-state index contributed by atoms with van der Waals surface area (Å²) in [5.74, 6) is -1.59. The average molecular weight is 456 g/mol. The Morgan fingerprint density at radius 2 is 2.09 bits per heavy atom. The monoisotopic (exact) mass is 456 g/mol. The van der Waals surface area contributed by atoms with Crippen LogP contribution in [0.3, 0.4) is 0 Å². The molecule has 0 aliphatic carbocycles. The maximum absolute atomic E-state index is 14.9. The predicted octanol–water partition coefficient (Wildman–Crippen LogP) is 2.48. The summed E-state index contributed by atoms with van der Waals surface area (Å²) in [6.07, 6.45) is 4.08. The largest absolute Gasteiger partial charge is 0.442 e. The van der Waals surface area contributed by atoms with Crippen LogP contribution in [0.25, 0.3) is 16.9 Å². The first kappa shape index (κ1) is 21.9. The van der Waals surface area contributed by atoms with Gasteiger partial charge >= 0.3 is 6.09 Å². The van der Waals surface area contributed by atoms with Gasteiger partial charge in [-0.05, 0) is 24.3 Å². The van der Waals surface area contributed by atoms with Gasteiger partial charge in [0.05, 0.1) is 30.6 Å². The van der Waals surface area contributed by atoms with E-state index in [0.29, 0.717) is 11.5 Å². The fourth-order valence-corrected chi connectivity index (χ4v) is 3.36. The smallest absolute Gasteiger partial charge is 0.414 e. The highest BCUT2D eigenvalue weighted by molar-refractivity contribution is 5.90. The van der Waals surface area contributed by atoms with Crippen LogP contribution in [0.15, 0.2) is 48.1 Å². The summed E-state index contributed by atoms with van der Waals surface area (Å²) in [5.41, 5.74) is 0.310. The van der Waals surface area contributed by atoms with Crippen molar-refractivity contribution < 1.29 is 28.3 Å². The highest BCUT2D eigenvalue weighted by atomic mass is 19.1. The number of anilines is 1. The SMILES string of the molecule is CC(=O)NC[C@H]1CN(c2cc(F)c(-c3ccc(-n4cnc(/C=N/O)c4)nc3)c(F)c2)C(=O)O1. The molecule has 33 heavy (non-hydrogen) atoms. The summed E-state index contributed by atoms with van der Waals surface area (Å²) in [5, 5.41) is 14.0. The molecule has 2 aromatic heterocycles. The van der Waals surface area contributed by atoms with Crippen LogP contribution in [-0.4, -0.2) is 57.2 Å². The molecule has 1 aliphatic heterocycles. The fourth-order valence-electron chi connectivity index (χ4n) is 3.36. The van der Waals surface area contributed by atoms with Crippen molar-refractivity contribution in [3.63, 3.8) is 0 Å². The van der Waals surface area contributed by atoms with E-state index in [-0.39, 0.29) is 35.8 Å². The van der Waals surface area contributed by atoms with Gasteiger partial charge in [0.25, 0.3) is 0 Å². The number of benzene rings is 1. The number of hydrogen-bond acceptors (Lipinski definition) is 7. The summed E-state index contributed by atoms with van der Waals surface area (Å²) in [4.78, 5) is 32.5. The molecular formula is C21H18F2N6O4. The number of halogens is 2. The van der Waals surface area contributed by atoms with Gasteiger partial charge < -0.3 is 15.3 Å². The average Bonchev–Trinajstić information content (AvgIpc) is 3.39. The Kier molecular flexibility index (Phi) is 5.98. The van der Waals surface area contributed by atoms with Gasteiger partial charge in [0.1, 0.15) is 35.6 Å². The van der Waals surface area contributed by atoms with E-state index in [0.717, 1.165) is 23.2 Å². The molecule has 170 valence electrons. The number of cyclic esters (lactones) is 1. The number of carbonyl (C=O) groups excluding carboxylic acids is 2. The molecule has 10 nitrogen and oxygen atoms in total. The molecule has 12 heteroatoms. The Labute approximate surface area is 186 Å². The predicted molar refractivity (Wildman–Crippen MR) is 112 cm³/mol. The third kappa shape index (κ3) is 4.63. The number of pyridine rings is 1. The number of rotatable bonds is 6. The molecule has 1 aromatic carbocycles. The molecule has 1 saturated heterocycles. The third-order valence-corrected chi connectivity index (χ3v) is 4.88. The van der Waals surface area contributed by atoms with Gasteiger partial charge in [-0.1, -0.05) is 5.16 Å². The summed E-state index contributed by atoms with van der Waals surface area (Å²) >= 11 is 0. The normalized spacial score (nSPS) is 15.8. The van der Waals surface area contributed by atoms with E-state index < -0.39 is 23.8 Å². The maximum atomic E-state index is 14.9. The highest BCUT2D eigenvalue weighted by Crippen LogP contribution is 2.32. The molecule has 0 saturated carbocycles. The van der Waals surface area contributed by atoms with Gasteiger partial charge in [-0.3, -0.25) is 14.3 Å². The molecular weight excluding hydrogens is 438 g/mol. The second kappa shape index (κ2) is 9.02. The van der Waals surface area contributed by atoms with Crippen molar-refractivity contribution in [2.24, 2.45) is 5.16 Å². The molecule has 2 N–H and O–H groups in total. The van der Waals surface area contributed by atoms with E-state index >= 15 is 0 Å². The molecule has 4 rings (SSSR count). The van der Waals surface area contributed by atoms with Crippen molar-refractivity contribution in [2.75, 3.05) is 18.0 Å². The van der Waals surface area contributed by atoms with Crippen LogP contribution in [0.1, 0.15) is 12.6 Å². The van der Waals surface area contributed by atoms with E-state index in [2.05, 4.69) is 20.4 Å². The number of imidazole rings is 1. The lowest BCUT2D eigenvalue weighted by molar-refractivity contribution is -0.119. The number of nitrogens with zero attached hydrogens (tertiary/aromatic N) is 5. The Morgan fingerprint density at radius 3 is 2.73 bits per heavy atom. The first-order valence-corrected chi connectivity index (χ1v) is 9.75. The maximum Gasteiger partial charge on any atom is 0.414 e. The van der Waals surface area contributed by atoms with Crippen molar-refractivity contribution in [3.8, 4) is 16.9 Å². The van der Waals surface area contributed by atoms with Crippen LogP contribution in [0.4, 0.5) is 19.3 Å². The Bertz CT molecular complexity index is 1200. The molecule has 1 fully saturated rings. The van der Waals surface area contributed by atoms with E-state index in [4.69, 9.17) is 9.94 Å². The van der Waals surface area contributed by atoms with Crippen molar-refractivity contribution in [2.45, 2.75) is 13.0 Å². The van der Waals surface area contributed by atoms with E-state index in [1.807, 2.05) is 0 Å². The lowest BCUT2D eigenvalue weighted by Crippen LogP contribution is -2.33. The number of ether oxygens (including phenoxy) is 1. The summed E-state index contributed by atoms with van der Waals surface area (Å²) < 4.78 is 36.4. The Morgan fingerprint density at radius 1 is 1.33 bits per heavy atom. The number of carbonyl (C=O) groups is 2. The molecule has 0 spiro atoms. The van der Waals surface area contributed by atoms with Gasteiger partial charge in [-0.15, -0.1) is 0 Å². The zero-order valence-corrected chi connectivity index (χ0v) is 17.3. The Balaban J connectivity index is 1.55. The minimum atomic E-state index is -0.873. The van der Waals surface area contributed by atoms with Crippen LogP contribution in [0, 0.1) is 11.6 Å². The lowest BCUT2D eigenvalue weighted by atomic mass is 10.1. The summed E-state index contributed by atoms with van der Waals surface area (Å²) in [6, 6.07) is 5.14. The van der Waals surface area contributed by atoms with Gasteiger partial charge in [-0.25, -0.2) is 23.5 Å². The molecule has 3 aromatic rings. The van der Waals surface area contributed by atoms with Crippen LogP contribution in [0.5, 0.6) is 0 Å². The van der Waals surface area contributed by atoms with Crippen LogP contribution in [0.2, 0.25) is 0 Å². The number of nitrogens with one attached hydrogen (secondary N) is 1. The third-order valence-electron chi connectivity index (χ3n) is 4.88. The van der Waals surface area contributed by atoms with Crippen LogP contribution < -0.4 is 10.2 Å². The number of amides is 2. The zero-order valence-electron chi connectivity index (χ0n) is 17.3. The van der Waals surface area contributed by atoms with Crippen molar-refractivity contribution in [1.29, 1.82) is 0 Å². The van der Waals surface area contributed by atoms with E-state index in [1.54, 1.807) is 16.8 Å². The van der Waals surface area contributed by atoms with Crippen molar-refractivity contribution in [3.05, 3.63) is 60.3 Å². The van der Waals surface area contributed by atoms with E-state index in [9.17, 15) is 18.4 Å². The van der Waals surface area contributed by atoms with Gasteiger partial charge in [0.2, 0.25) is 5.91 Å². The lowest BCUT2D eigenvalue weighted by Gasteiger charge is -2.15. The topological polar surface area (TPSA) is 122 Å². The minimum absolute atomic E-state index is 0.00477. The molecule has 3 heterocycles. The van der Waals surface area contributed by atoms with Crippen molar-refractivity contribution in [1.82, 2.24) is 19.9 Å². The molecule has 1 aliphatic rings. The van der Waals surface area contributed by atoms with Gasteiger partial charge in [0.15, 0.2) is 0 Å².